The third kappa shape index (κ3) is 5.41. The van der Waals surface area contributed by atoms with Gasteiger partial charge in [-0.15, -0.1) is 0 Å². The molecule has 0 atom stereocenters. The highest BCUT2D eigenvalue weighted by molar-refractivity contribution is 6.03. The molecule has 3 aromatic rings. The van der Waals surface area contributed by atoms with Crippen LogP contribution in [0.25, 0.3) is 0 Å². The van der Waals surface area contributed by atoms with Gasteiger partial charge in [-0.1, -0.05) is 58.9 Å². The van der Waals surface area contributed by atoms with Crippen LogP contribution in [0.5, 0.6) is 0 Å². The van der Waals surface area contributed by atoms with Crippen LogP contribution in [0.1, 0.15) is 62.0 Å². The van der Waals surface area contributed by atoms with Crippen LogP contribution in [-0.4, -0.2) is 15.9 Å². The molecule has 0 aliphatic carbocycles. The zero-order chi connectivity index (χ0) is 21.0. The summed E-state index contributed by atoms with van der Waals surface area (Å²) < 4.78 is 0. The second-order valence-electron chi connectivity index (χ2n) is 8.48. The van der Waals surface area contributed by atoms with Crippen LogP contribution in [0.3, 0.4) is 0 Å². The average Bonchev–Trinajstić information content (AvgIpc) is 2.68. The highest BCUT2D eigenvalue weighted by Crippen LogP contribution is 2.24. The molecule has 2 N–H and O–H groups in total. The van der Waals surface area contributed by atoms with E-state index in [-0.39, 0.29) is 11.3 Å². The summed E-state index contributed by atoms with van der Waals surface area (Å²) in [5.41, 5.74) is 4.67. The number of rotatable bonds is 5. The minimum atomic E-state index is -0.233. The van der Waals surface area contributed by atoms with E-state index in [4.69, 9.17) is 0 Å². The normalized spacial score (nSPS) is 11.4. The number of hydrogen-bond donors (Lipinski definition) is 2. The number of nitrogens with zero attached hydrogens (tertiary/aromatic N) is 2. The molecule has 0 radical (unpaired) electrons. The Morgan fingerprint density at radius 3 is 1.93 bits per heavy atom. The van der Waals surface area contributed by atoms with Crippen molar-refractivity contribution in [2.75, 3.05) is 10.6 Å². The van der Waals surface area contributed by atoms with Crippen molar-refractivity contribution in [2.24, 2.45) is 0 Å². The number of carbonyl (C=O) groups excluding carboxylic acids is 1. The van der Waals surface area contributed by atoms with Crippen LogP contribution in [0.4, 0.5) is 17.3 Å². The Morgan fingerprint density at radius 2 is 1.41 bits per heavy atom. The molecule has 1 amide bonds. The Bertz CT molecular complexity index is 954. The van der Waals surface area contributed by atoms with Crippen LogP contribution in [0.15, 0.2) is 60.9 Å². The fourth-order valence-corrected chi connectivity index (χ4v) is 2.85. The van der Waals surface area contributed by atoms with Gasteiger partial charge in [0.05, 0.1) is 5.56 Å². The second-order valence-corrected chi connectivity index (χ2v) is 8.48. The van der Waals surface area contributed by atoms with Gasteiger partial charge in [0.15, 0.2) is 0 Å². The standard InChI is InChI=1S/C24H28N4O/c1-16(2)17-6-10-20(11-7-17)27-22(29)18-14-25-23(26-15-18)28-21-12-8-19(9-13-21)24(3,4)5/h6-16H,1-5H3,(H,27,29)(H,25,26,28). The maximum atomic E-state index is 12.4. The molecule has 5 heteroatoms. The molecule has 5 nitrogen and oxygen atoms in total. The minimum Gasteiger partial charge on any atom is -0.324 e. The predicted octanol–water partition coefficient (Wildman–Crippen LogP) is 5.89. The Balaban J connectivity index is 1.62. The monoisotopic (exact) mass is 388 g/mol. The topological polar surface area (TPSA) is 66.9 Å². The van der Waals surface area contributed by atoms with Crippen LogP contribution in [0, 0.1) is 0 Å². The van der Waals surface area contributed by atoms with Gasteiger partial charge in [0.25, 0.3) is 5.91 Å². The van der Waals surface area contributed by atoms with Crippen molar-refractivity contribution in [1.29, 1.82) is 0 Å². The summed E-state index contributed by atoms with van der Waals surface area (Å²) in [5, 5.41) is 6.04. The van der Waals surface area contributed by atoms with E-state index in [1.54, 1.807) is 0 Å². The number of carbonyl (C=O) groups is 1. The molecular formula is C24H28N4O. The minimum absolute atomic E-state index is 0.110. The Hall–Kier alpha value is -3.21. The summed E-state index contributed by atoms with van der Waals surface area (Å²) in [5.74, 6) is 0.674. The van der Waals surface area contributed by atoms with Crippen LogP contribution in [0.2, 0.25) is 0 Å². The molecule has 0 aliphatic rings. The van der Waals surface area contributed by atoms with Gasteiger partial charge in [-0.2, -0.15) is 0 Å². The van der Waals surface area contributed by atoms with Crippen LogP contribution < -0.4 is 10.6 Å². The number of nitrogens with one attached hydrogen (secondary N) is 2. The predicted molar refractivity (Wildman–Crippen MR) is 119 cm³/mol. The van der Waals surface area contributed by atoms with E-state index >= 15 is 0 Å². The van der Waals surface area contributed by atoms with Gasteiger partial charge < -0.3 is 10.6 Å². The van der Waals surface area contributed by atoms with E-state index < -0.39 is 0 Å². The first kappa shape index (κ1) is 20.5. The first-order chi connectivity index (χ1) is 13.7. The Labute approximate surface area is 172 Å². The second kappa shape index (κ2) is 8.43. The Kier molecular flexibility index (Phi) is 5.97. The van der Waals surface area contributed by atoms with Gasteiger partial charge in [0.2, 0.25) is 5.95 Å². The summed E-state index contributed by atoms with van der Waals surface area (Å²) in [6.45, 7) is 10.8. The number of amides is 1. The Morgan fingerprint density at radius 1 is 0.862 bits per heavy atom. The van der Waals surface area contributed by atoms with Gasteiger partial charge in [-0.3, -0.25) is 4.79 Å². The lowest BCUT2D eigenvalue weighted by molar-refractivity contribution is 0.102. The quantitative estimate of drug-likeness (QED) is 0.571. The van der Waals surface area contributed by atoms with Gasteiger partial charge in [0, 0.05) is 23.8 Å². The fraction of sp³-hybridized carbons (Fsp3) is 0.292. The van der Waals surface area contributed by atoms with Crippen molar-refractivity contribution in [1.82, 2.24) is 9.97 Å². The van der Waals surface area contributed by atoms with Gasteiger partial charge >= 0.3 is 0 Å². The third-order valence-corrected chi connectivity index (χ3v) is 4.76. The number of hydrogen-bond acceptors (Lipinski definition) is 4. The maximum Gasteiger partial charge on any atom is 0.258 e. The summed E-state index contributed by atoms with van der Waals surface area (Å²) in [4.78, 5) is 20.9. The average molecular weight is 389 g/mol. The van der Waals surface area contributed by atoms with Crippen molar-refractivity contribution < 1.29 is 4.79 Å². The van der Waals surface area contributed by atoms with E-state index in [1.165, 1.54) is 23.5 Å². The molecule has 0 saturated heterocycles. The number of anilines is 3. The highest BCUT2D eigenvalue weighted by Gasteiger charge is 2.13. The van der Waals surface area contributed by atoms with Crippen molar-refractivity contribution in [3.05, 3.63) is 77.6 Å². The van der Waals surface area contributed by atoms with Crippen LogP contribution >= 0.6 is 0 Å². The molecule has 0 bridgehead atoms. The molecule has 150 valence electrons. The van der Waals surface area contributed by atoms with Gasteiger partial charge in [-0.05, 0) is 46.7 Å². The molecule has 3 rings (SSSR count). The maximum absolute atomic E-state index is 12.4. The molecule has 0 fully saturated rings. The number of aromatic nitrogens is 2. The van der Waals surface area contributed by atoms with Gasteiger partial charge in [0.1, 0.15) is 0 Å². The number of benzene rings is 2. The summed E-state index contributed by atoms with van der Waals surface area (Å²) in [6.07, 6.45) is 3.05. The summed E-state index contributed by atoms with van der Waals surface area (Å²) in [7, 11) is 0. The largest absolute Gasteiger partial charge is 0.324 e. The van der Waals surface area contributed by atoms with E-state index in [1.807, 2.05) is 36.4 Å². The molecule has 1 aromatic heterocycles. The molecule has 0 aliphatic heterocycles. The lowest BCUT2D eigenvalue weighted by Gasteiger charge is -2.19. The molecule has 2 aromatic carbocycles. The molecule has 0 saturated carbocycles. The first-order valence-electron chi connectivity index (χ1n) is 9.83. The van der Waals surface area contributed by atoms with E-state index in [0.717, 1.165) is 11.4 Å². The SMILES string of the molecule is CC(C)c1ccc(NC(=O)c2cnc(Nc3ccc(C(C)(C)C)cc3)nc2)cc1. The third-order valence-electron chi connectivity index (χ3n) is 4.76. The smallest absolute Gasteiger partial charge is 0.258 e. The molecule has 0 unspecified atom stereocenters. The van der Waals surface area contributed by atoms with Crippen molar-refractivity contribution in [2.45, 2.75) is 46.0 Å². The summed E-state index contributed by atoms with van der Waals surface area (Å²) >= 11 is 0. The summed E-state index contributed by atoms with van der Waals surface area (Å²) in [6, 6.07) is 16.1. The lowest BCUT2D eigenvalue weighted by Crippen LogP contribution is -2.13. The lowest BCUT2D eigenvalue weighted by atomic mass is 9.87. The zero-order valence-electron chi connectivity index (χ0n) is 17.7. The molecular weight excluding hydrogens is 360 g/mol. The molecule has 1 heterocycles. The van der Waals surface area contributed by atoms with Crippen molar-refractivity contribution in [3.63, 3.8) is 0 Å². The van der Waals surface area contributed by atoms with Gasteiger partial charge in [-0.25, -0.2) is 9.97 Å². The van der Waals surface area contributed by atoms with E-state index in [0.29, 0.717) is 17.4 Å². The van der Waals surface area contributed by atoms with Crippen molar-refractivity contribution >= 4 is 23.2 Å². The molecule has 29 heavy (non-hydrogen) atoms. The first-order valence-corrected chi connectivity index (χ1v) is 9.83. The zero-order valence-corrected chi connectivity index (χ0v) is 17.7. The molecule has 0 spiro atoms. The van der Waals surface area contributed by atoms with E-state index in [9.17, 15) is 4.79 Å². The van der Waals surface area contributed by atoms with Crippen molar-refractivity contribution in [3.8, 4) is 0 Å². The van der Waals surface area contributed by atoms with E-state index in [2.05, 4.69) is 67.4 Å². The van der Waals surface area contributed by atoms with Crippen LogP contribution in [-0.2, 0) is 5.41 Å². The fourth-order valence-electron chi connectivity index (χ4n) is 2.85. The highest BCUT2D eigenvalue weighted by atomic mass is 16.1.